The fourth-order valence-electron chi connectivity index (χ4n) is 3.50. The number of aryl methyl sites for hydroxylation is 1. The van der Waals surface area contributed by atoms with Crippen molar-refractivity contribution < 1.29 is 19.1 Å². The van der Waals surface area contributed by atoms with Crippen molar-refractivity contribution in [2.75, 3.05) is 20.3 Å². The van der Waals surface area contributed by atoms with Crippen molar-refractivity contribution >= 4 is 11.8 Å². The first kappa shape index (κ1) is 26.2. The molecule has 2 aromatic carbocycles. The van der Waals surface area contributed by atoms with E-state index < -0.39 is 6.04 Å². The van der Waals surface area contributed by atoms with Crippen molar-refractivity contribution in [2.24, 2.45) is 5.92 Å². The Balaban J connectivity index is 2.07. The number of nitrogens with one attached hydrogen (secondary N) is 1. The zero-order valence-electron chi connectivity index (χ0n) is 20.6. The SMILES string of the molecule is CC[C@@H](C(=O)NCC(C)C)N(Cc1cccc(OC)c1)C(=O)CCCOc1ccc(C)cc1. The standard InChI is InChI=1S/C27H38N2O4/c1-6-25(27(31)28-18-20(2)3)29(19-22-9-7-10-24(17-22)32-5)26(30)11-8-16-33-23-14-12-21(4)13-15-23/h7,9-10,12-15,17,20,25H,6,8,11,16,18-19H2,1-5H3,(H,28,31)/t25-/m0/s1. The van der Waals surface area contributed by atoms with E-state index in [2.05, 4.69) is 19.2 Å². The van der Waals surface area contributed by atoms with Gasteiger partial charge in [0.05, 0.1) is 13.7 Å². The molecule has 0 radical (unpaired) electrons. The summed E-state index contributed by atoms with van der Waals surface area (Å²) in [4.78, 5) is 27.9. The van der Waals surface area contributed by atoms with Gasteiger partial charge in [0, 0.05) is 19.5 Å². The van der Waals surface area contributed by atoms with Crippen LogP contribution in [0.25, 0.3) is 0 Å². The van der Waals surface area contributed by atoms with E-state index in [-0.39, 0.29) is 11.8 Å². The summed E-state index contributed by atoms with van der Waals surface area (Å²) in [5.74, 6) is 1.69. The van der Waals surface area contributed by atoms with Gasteiger partial charge in [-0.2, -0.15) is 0 Å². The molecule has 2 aromatic rings. The molecular formula is C27H38N2O4. The molecule has 0 aliphatic rings. The molecule has 0 unspecified atom stereocenters. The van der Waals surface area contributed by atoms with E-state index in [0.29, 0.717) is 44.9 Å². The van der Waals surface area contributed by atoms with Crippen LogP contribution in [-0.2, 0) is 16.1 Å². The highest BCUT2D eigenvalue weighted by Crippen LogP contribution is 2.19. The van der Waals surface area contributed by atoms with E-state index in [1.807, 2.05) is 62.4 Å². The molecule has 0 spiro atoms. The fourth-order valence-corrected chi connectivity index (χ4v) is 3.50. The zero-order chi connectivity index (χ0) is 24.2. The van der Waals surface area contributed by atoms with Gasteiger partial charge in [-0.15, -0.1) is 0 Å². The fraction of sp³-hybridized carbons (Fsp3) is 0.481. The van der Waals surface area contributed by atoms with E-state index >= 15 is 0 Å². The van der Waals surface area contributed by atoms with Crippen LogP contribution in [0.15, 0.2) is 48.5 Å². The summed E-state index contributed by atoms with van der Waals surface area (Å²) in [6, 6.07) is 14.9. The van der Waals surface area contributed by atoms with Gasteiger partial charge in [-0.1, -0.05) is 50.6 Å². The van der Waals surface area contributed by atoms with Crippen LogP contribution in [0.2, 0.25) is 0 Å². The van der Waals surface area contributed by atoms with Crippen LogP contribution in [0.5, 0.6) is 11.5 Å². The molecule has 1 N–H and O–H groups in total. The molecule has 6 heteroatoms. The molecular weight excluding hydrogens is 416 g/mol. The van der Waals surface area contributed by atoms with Gasteiger partial charge in [0.2, 0.25) is 11.8 Å². The normalized spacial score (nSPS) is 11.7. The highest BCUT2D eigenvalue weighted by molar-refractivity contribution is 5.87. The molecule has 0 aliphatic carbocycles. The topological polar surface area (TPSA) is 67.9 Å². The minimum Gasteiger partial charge on any atom is -0.497 e. The largest absolute Gasteiger partial charge is 0.497 e. The van der Waals surface area contributed by atoms with Crippen LogP contribution in [0.4, 0.5) is 0 Å². The highest BCUT2D eigenvalue weighted by atomic mass is 16.5. The zero-order valence-corrected chi connectivity index (χ0v) is 20.6. The van der Waals surface area contributed by atoms with E-state index in [9.17, 15) is 9.59 Å². The van der Waals surface area contributed by atoms with Gasteiger partial charge in [-0.05, 0) is 55.5 Å². The monoisotopic (exact) mass is 454 g/mol. The van der Waals surface area contributed by atoms with E-state index in [1.165, 1.54) is 5.56 Å². The molecule has 0 heterocycles. The highest BCUT2D eigenvalue weighted by Gasteiger charge is 2.28. The van der Waals surface area contributed by atoms with Gasteiger partial charge < -0.3 is 19.7 Å². The summed E-state index contributed by atoms with van der Waals surface area (Å²) < 4.78 is 11.1. The van der Waals surface area contributed by atoms with Crippen molar-refractivity contribution in [1.29, 1.82) is 0 Å². The number of benzene rings is 2. The number of carbonyl (C=O) groups excluding carboxylic acids is 2. The Hall–Kier alpha value is -3.02. The molecule has 2 rings (SSSR count). The van der Waals surface area contributed by atoms with Crippen LogP contribution in [-0.4, -0.2) is 43.0 Å². The third-order valence-electron chi connectivity index (χ3n) is 5.38. The summed E-state index contributed by atoms with van der Waals surface area (Å²) in [7, 11) is 1.62. The lowest BCUT2D eigenvalue weighted by molar-refractivity contribution is -0.141. The maximum atomic E-state index is 13.3. The first-order chi connectivity index (χ1) is 15.8. The second-order valence-corrected chi connectivity index (χ2v) is 8.70. The Labute approximate surface area is 198 Å². The molecule has 0 saturated heterocycles. The molecule has 6 nitrogen and oxygen atoms in total. The Morgan fingerprint density at radius 1 is 1.06 bits per heavy atom. The van der Waals surface area contributed by atoms with E-state index in [1.54, 1.807) is 12.0 Å². The summed E-state index contributed by atoms with van der Waals surface area (Å²) >= 11 is 0. The number of hydrogen-bond acceptors (Lipinski definition) is 4. The van der Waals surface area contributed by atoms with Crippen LogP contribution in [0, 0.1) is 12.8 Å². The molecule has 180 valence electrons. The second kappa shape index (κ2) is 13.5. The lowest BCUT2D eigenvalue weighted by atomic mass is 10.1. The predicted molar refractivity (Wildman–Crippen MR) is 131 cm³/mol. The first-order valence-corrected chi connectivity index (χ1v) is 11.7. The predicted octanol–water partition coefficient (Wildman–Crippen LogP) is 4.74. The first-order valence-electron chi connectivity index (χ1n) is 11.7. The van der Waals surface area contributed by atoms with E-state index in [0.717, 1.165) is 17.1 Å². The van der Waals surface area contributed by atoms with Gasteiger partial charge in [-0.25, -0.2) is 0 Å². The van der Waals surface area contributed by atoms with Crippen molar-refractivity contribution in [2.45, 2.75) is 59.5 Å². The van der Waals surface area contributed by atoms with Gasteiger partial charge in [0.15, 0.2) is 0 Å². The number of nitrogens with zero attached hydrogens (tertiary/aromatic N) is 1. The number of hydrogen-bond donors (Lipinski definition) is 1. The number of rotatable bonds is 13. The molecule has 0 aromatic heterocycles. The molecule has 0 bridgehead atoms. The average Bonchev–Trinajstić information content (AvgIpc) is 2.81. The quantitative estimate of drug-likeness (QED) is 0.444. The van der Waals surface area contributed by atoms with Crippen LogP contribution in [0.3, 0.4) is 0 Å². The molecule has 0 fully saturated rings. The number of amides is 2. The van der Waals surface area contributed by atoms with Gasteiger partial charge in [0.1, 0.15) is 17.5 Å². The third kappa shape index (κ3) is 8.79. The summed E-state index contributed by atoms with van der Waals surface area (Å²) in [5, 5.41) is 2.99. The van der Waals surface area contributed by atoms with Crippen molar-refractivity contribution in [1.82, 2.24) is 10.2 Å². The van der Waals surface area contributed by atoms with Crippen LogP contribution < -0.4 is 14.8 Å². The second-order valence-electron chi connectivity index (χ2n) is 8.70. The van der Waals surface area contributed by atoms with Crippen LogP contribution in [0.1, 0.15) is 51.2 Å². The van der Waals surface area contributed by atoms with Crippen molar-refractivity contribution in [3.63, 3.8) is 0 Å². The Bertz CT molecular complexity index is 880. The van der Waals surface area contributed by atoms with Gasteiger partial charge in [0.25, 0.3) is 0 Å². The summed E-state index contributed by atoms with van der Waals surface area (Å²) in [5.41, 5.74) is 2.10. The van der Waals surface area contributed by atoms with Crippen LogP contribution >= 0.6 is 0 Å². The lowest BCUT2D eigenvalue weighted by Gasteiger charge is -2.31. The summed E-state index contributed by atoms with van der Waals surface area (Å²) in [6.07, 6.45) is 1.43. The van der Waals surface area contributed by atoms with Gasteiger partial charge >= 0.3 is 0 Å². The van der Waals surface area contributed by atoms with E-state index in [4.69, 9.17) is 9.47 Å². The number of ether oxygens (including phenoxy) is 2. The Kier molecular flexibility index (Phi) is 10.7. The smallest absolute Gasteiger partial charge is 0.242 e. The Morgan fingerprint density at radius 2 is 1.79 bits per heavy atom. The minimum atomic E-state index is -0.527. The molecule has 33 heavy (non-hydrogen) atoms. The maximum Gasteiger partial charge on any atom is 0.242 e. The minimum absolute atomic E-state index is 0.0585. The number of carbonyl (C=O) groups is 2. The molecule has 1 atom stereocenters. The molecule has 0 saturated carbocycles. The third-order valence-corrected chi connectivity index (χ3v) is 5.38. The lowest BCUT2D eigenvalue weighted by Crippen LogP contribution is -2.49. The maximum absolute atomic E-state index is 13.3. The average molecular weight is 455 g/mol. The number of methoxy groups -OCH3 is 1. The van der Waals surface area contributed by atoms with Crippen molar-refractivity contribution in [3.8, 4) is 11.5 Å². The Morgan fingerprint density at radius 3 is 2.42 bits per heavy atom. The van der Waals surface area contributed by atoms with Gasteiger partial charge in [-0.3, -0.25) is 9.59 Å². The summed E-state index contributed by atoms with van der Waals surface area (Å²) in [6.45, 7) is 9.44. The molecule has 0 aliphatic heterocycles. The van der Waals surface area contributed by atoms with Crippen molar-refractivity contribution in [3.05, 3.63) is 59.7 Å². The molecule has 2 amide bonds.